The Balaban J connectivity index is 2.00. The van der Waals surface area contributed by atoms with Crippen molar-refractivity contribution >= 4 is 33.3 Å². The normalized spacial score (nSPS) is 11.3. The van der Waals surface area contributed by atoms with Crippen molar-refractivity contribution in [3.63, 3.8) is 0 Å². The summed E-state index contributed by atoms with van der Waals surface area (Å²) in [5.41, 5.74) is 3.66. The Bertz CT molecular complexity index is 909. The number of aryl methyl sites for hydroxylation is 3. The van der Waals surface area contributed by atoms with Crippen LogP contribution in [-0.4, -0.2) is 9.55 Å². The highest BCUT2D eigenvalue weighted by Crippen LogP contribution is 2.29. The van der Waals surface area contributed by atoms with Gasteiger partial charge in [-0.05, 0) is 37.5 Å². The Labute approximate surface area is 138 Å². The van der Waals surface area contributed by atoms with Gasteiger partial charge in [-0.1, -0.05) is 36.0 Å². The predicted molar refractivity (Wildman–Crippen MR) is 95.1 cm³/mol. The van der Waals surface area contributed by atoms with Gasteiger partial charge in [-0.2, -0.15) is 0 Å². The largest absolute Gasteiger partial charge is 0.290 e. The topological polar surface area (TPSA) is 34.9 Å². The second kappa shape index (κ2) is 5.89. The molecule has 0 saturated heterocycles. The number of hydrogen-bond donors (Lipinski definition) is 0. The molecule has 0 fully saturated rings. The van der Waals surface area contributed by atoms with E-state index in [0.717, 1.165) is 26.7 Å². The summed E-state index contributed by atoms with van der Waals surface area (Å²) >= 11 is 3.22. The quantitative estimate of drug-likeness (QED) is 0.533. The molecule has 0 radical (unpaired) electrons. The van der Waals surface area contributed by atoms with Crippen LogP contribution in [0.15, 0.2) is 34.2 Å². The summed E-state index contributed by atoms with van der Waals surface area (Å²) < 4.78 is 1.67. The van der Waals surface area contributed by atoms with Gasteiger partial charge >= 0.3 is 0 Å². The molecule has 0 atom stereocenters. The lowest BCUT2D eigenvalue weighted by Crippen LogP contribution is -2.19. The Morgan fingerprint density at radius 3 is 2.68 bits per heavy atom. The number of thioether (sulfide) groups is 1. The van der Waals surface area contributed by atoms with Crippen LogP contribution in [0.4, 0.5) is 0 Å². The molecule has 0 aliphatic heterocycles. The first-order chi connectivity index (χ1) is 10.5. The van der Waals surface area contributed by atoms with Crippen LogP contribution < -0.4 is 5.56 Å². The van der Waals surface area contributed by atoms with Gasteiger partial charge in [-0.15, -0.1) is 11.3 Å². The Hall–Kier alpha value is -1.59. The van der Waals surface area contributed by atoms with Gasteiger partial charge in [0.25, 0.3) is 5.56 Å². The standard InChI is InChI=1S/C17H18N2OS2/c1-10-7-5-6-8-13(10)9-21-17-18-15-14(16(20)19(17)4)11(2)12(3)22-15/h5-8H,9H2,1-4H3. The molecular weight excluding hydrogens is 312 g/mol. The summed E-state index contributed by atoms with van der Waals surface area (Å²) in [5.74, 6) is 0.821. The first kappa shape index (κ1) is 15.3. The zero-order valence-corrected chi connectivity index (χ0v) is 14.8. The van der Waals surface area contributed by atoms with Crippen LogP contribution in [0.1, 0.15) is 21.6 Å². The molecular formula is C17H18N2OS2. The van der Waals surface area contributed by atoms with E-state index in [1.165, 1.54) is 16.0 Å². The van der Waals surface area contributed by atoms with Crippen LogP contribution in [0.3, 0.4) is 0 Å². The average Bonchev–Trinajstić information content (AvgIpc) is 2.78. The van der Waals surface area contributed by atoms with Crippen LogP contribution in [0, 0.1) is 20.8 Å². The van der Waals surface area contributed by atoms with Crippen LogP contribution in [0.25, 0.3) is 10.2 Å². The van der Waals surface area contributed by atoms with E-state index in [4.69, 9.17) is 4.98 Å². The zero-order chi connectivity index (χ0) is 15.9. The summed E-state index contributed by atoms with van der Waals surface area (Å²) in [4.78, 5) is 19.3. The molecule has 0 amide bonds. The van der Waals surface area contributed by atoms with Gasteiger partial charge < -0.3 is 0 Å². The van der Waals surface area contributed by atoms with Gasteiger partial charge in [-0.3, -0.25) is 9.36 Å². The second-order valence-electron chi connectivity index (χ2n) is 5.44. The fraction of sp³-hybridized carbons (Fsp3) is 0.294. The molecule has 2 aromatic heterocycles. The molecule has 5 heteroatoms. The molecule has 2 heterocycles. The highest BCUT2D eigenvalue weighted by molar-refractivity contribution is 7.98. The van der Waals surface area contributed by atoms with E-state index >= 15 is 0 Å². The van der Waals surface area contributed by atoms with Gasteiger partial charge in [0.15, 0.2) is 5.16 Å². The first-order valence-corrected chi connectivity index (χ1v) is 8.93. The predicted octanol–water partition coefficient (Wildman–Crippen LogP) is 4.21. The summed E-state index contributed by atoms with van der Waals surface area (Å²) in [6, 6.07) is 8.32. The summed E-state index contributed by atoms with van der Waals surface area (Å²) in [5, 5.41) is 1.55. The van der Waals surface area contributed by atoms with Crippen molar-refractivity contribution in [2.75, 3.05) is 0 Å². The maximum atomic E-state index is 12.6. The SMILES string of the molecule is Cc1ccccc1CSc1nc2sc(C)c(C)c2c(=O)n1C. The van der Waals surface area contributed by atoms with Gasteiger partial charge in [-0.25, -0.2) is 4.98 Å². The lowest BCUT2D eigenvalue weighted by atomic mass is 10.1. The van der Waals surface area contributed by atoms with Crippen LogP contribution >= 0.6 is 23.1 Å². The maximum absolute atomic E-state index is 12.6. The molecule has 0 N–H and O–H groups in total. The van der Waals surface area contributed by atoms with E-state index in [1.807, 2.05) is 26.0 Å². The lowest BCUT2D eigenvalue weighted by Gasteiger charge is -2.08. The van der Waals surface area contributed by atoms with Crippen molar-refractivity contribution < 1.29 is 0 Å². The molecule has 0 aliphatic carbocycles. The van der Waals surface area contributed by atoms with Gasteiger partial charge in [0, 0.05) is 17.7 Å². The fourth-order valence-corrected chi connectivity index (χ4v) is 4.52. The molecule has 114 valence electrons. The smallest absolute Gasteiger partial charge is 0.262 e. The number of fused-ring (bicyclic) bond motifs is 1. The molecule has 0 aliphatic rings. The molecule has 0 spiro atoms. The van der Waals surface area contributed by atoms with Crippen molar-refractivity contribution in [2.45, 2.75) is 31.7 Å². The number of thiophene rings is 1. The molecule has 3 aromatic rings. The number of nitrogens with zero attached hydrogens (tertiary/aromatic N) is 2. The van der Waals surface area contributed by atoms with Crippen LogP contribution in [-0.2, 0) is 12.8 Å². The van der Waals surface area contributed by atoms with Crippen molar-refractivity contribution in [3.8, 4) is 0 Å². The molecule has 3 nitrogen and oxygen atoms in total. The highest BCUT2D eigenvalue weighted by Gasteiger charge is 2.15. The van der Waals surface area contributed by atoms with Gasteiger partial charge in [0.05, 0.1) is 5.39 Å². The molecule has 22 heavy (non-hydrogen) atoms. The molecule has 1 aromatic carbocycles. The number of hydrogen-bond acceptors (Lipinski definition) is 4. The van der Waals surface area contributed by atoms with E-state index in [-0.39, 0.29) is 5.56 Å². The molecule has 0 saturated carbocycles. The lowest BCUT2D eigenvalue weighted by molar-refractivity contribution is 0.727. The fourth-order valence-electron chi connectivity index (χ4n) is 2.40. The van der Waals surface area contributed by atoms with E-state index in [2.05, 4.69) is 19.1 Å². The summed E-state index contributed by atoms with van der Waals surface area (Å²) in [6.45, 7) is 6.15. The zero-order valence-electron chi connectivity index (χ0n) is 13.1. The first-order valence-electron chi connectivity index (χ1n) is 7.13. The van der Waals surface area contributed by atoms with Crippen molar-refractivity contribution in [2.24, 2.45) is 7.05 Å². The van der Waals surface area contributed by atoms with E-state index < -0.39 is 0 Å². The molecule has 3 rings (SSSR count). The number of rotatable bonds is 3. The van der Waals surface area contributed by atoms with Gasteiger partial charge in [0.2, 0.25) is 0 Å². The average molecular weight is 330 g/mol. The highest BCUT2D eigenvalue weighted by atomic mass is 32.2. The van der Waals surface area contributed by atoms with Crippen molar-refractivity contribution in [1.29, 1.82) is 0 Å². The maximum Gasteiger partial charge on any atom is 0.262 e. The molecule has 0 unspecified atom stereocenters. The minimum absolute atomic E-state index is 0.0548. The van der Waals surface area contributed by atoms with Crippen LogP contribution in [0.5, 0.6) is 0 Å². The monoisotopic (exact) mass is 330 g/mol. The van der Waals surface area contributed by atoms with E-state index in [1.54, 1.807) is 34.7 Å². The van der Waals surface area contributed by atoms with Crippen molar-refractivity contribution in [3.05, 3.63) is 56.2 Å². The summed E-state index contributed by atoms with van der Waals surface area (Å²) in [6.07, 6.45) is 0. The minimum Gasteiger partial charge on any atom is -0.290 e. The third kappa shape index (κ3) is 2.59. The van der Waals surface area contributed by atoms with Crippen LogP contribution in [0.2, 0.25) is 0 Å². The van der Waals surface area contributed by atoms with Gasteiger partial charge in [0.1, 0.15) is 4.83 Å². The number of aromatic nitrogens is 2. The Morgan fingerprint density at radius 1 is 1.23 bits per heavy atom. The van der Waals surface area contributed by atoms with Crippen molar-refractivity contribution in [1.82, 2.24) is 9.55 Å². The third-order valence-corrected chi connectivity index (χ3v) is 6.17. The number of benzene rings is 1. The summed E-state index contributed by atoms with van der Waals surface area (Å²) in [7, 11) is 1.81. The van der Waals surface area contributed by atoms with E-state index in [9.17, 15) is 4.79 Å². The van der Waals surface area contributed by atoms with E-state index in [0.29, 0.717) is 0 Å². The molecule has 0 bridgehead atoms. The minimum atomic E-state index is 0.0548. The Morgan fingerprint density at radius 2 is 1.95 bits per heavy atom. The Kier molecular flexibility index (Phi) is 4.10. The second-order valence-corrected chi connectivity index (χ2v) is 7.58. The third-order valence-electron chi connectivity index (χ3n) is 3.99.